The number of aryl methyl sites for hydroxylation is 1. The van der Waals surface area contributed by atoms with Gasteiger partial charge in [-0.15, -0.1) is 0 Å². The van der Waals surface area contributed by atoms with Gasteiger partial charge in [0.05, 0.1) is 5.56 Å². The molecule has 0 radical (unpaired) electrons. The highest BCUT2D eigenvalue weighted by atomic mass is 19.2. The van der Waals surface area contributed by atoms with Gasteiger partial charge >= 0.3 is 0 Å². The first-order valence-corrected chi connectivity index (χ1v) is 5.65. The number of benzene rings is 1. The summed E-state index contributed by atoms with van der Waals surface area (Å²) < 4.78 is 25.8. The molecule has 1 aromatic carbocycles. The zero-order valence-corrected chi connectivity index (χ0v) is 10.2. The summed E-state index contributed by atoms with van der Waals surface area (Å²) in [5, 5.41) is 11.9. The van der Waals surface area contributed by atoms with Gasteiger partial charge in [0.1, 0.15) is 11.9 Å². The number of hydrogen-bond donors (Lipinski definition) is 1. The lowest BCUT2D eigenvalue weighted by Gasteiger charge is -2.08. The number of halogens is 2. The Labute approximate surface area is 109 Å². The van der Waals surface area contributed by atoms with Crippen LogP contribution in [0.15, 0.2) is 30.3 Å². The molecule has 0 aliphatic carbocycles. The molecule has 0 atom stereocenters. The van der Waals surface area contributed by atoms with Crippen molar-refractivity contribution < 1.29 is 8.78 Å². The number of anilines is 1. The van der Waals surface area contributed by atoms with Crippen LogP contribution in [0.25, 0.3) is 0 Å². The second-order valence-corrected chi connectivity index (χ2v) is 4.06. The molecule has 0 saturated heterocycles. The summed E-state index contributed by atoms with van der Waals surface area (Å²) in [4.78, 5) is 4.20. The molecule has 0 fully saturated rings. The monoisotopic (exact) mass is 259 g/mol. The SMILES string of the molecule is Cc1ccc(C#N)c(NCc2ccc(F)c(F)c2)n1. The van der Waals surface area contributed by atoms with E-state index < -0.39 is 11.6 Å². The van der Waals surface area contributed by atoms with Gasteiger partial charge in [-0.05, 0) is 36.8 Å². The summed E-state index contributed by atoms with van der Waals surface area (Å²) in [7, 11) is 0. The average molecular weight is 259 g/mol. The summed E-state index contributed by atoms with van der Waals surface area (Å²) >= 11 is 0. The van der Waals surface area contributed by atoms with Crippen LogP contribution in [-0.2, 0) is 6.54 Å². The first kappa shape index (κ1) is 13.0. The molecule has 0 saturated carbocycles. The number of nitrogens with one attached hydrogen (secondary N) is 1. The van der Waals surface area contributed by atoms with Crippen LogP contribution < -0.4 is 5.32 Å². The van der Waals surface area contributed by atoms with Crippen molar-refractivity contribution in [3.05, 3.63) is 58.8 Å². The Morgan fingerprint density at radius 3 is 2.68 bits per heavy atom. The van der Waals surface area contributed by atoms with Crippen molar-refractivity contribution >= 4 is 5.82 Å². The topological polar surface area (TPSA) is 48.7 Å². The molecule has 0 amide bonds. The van der Waals surface area contributed by atoms with Crippen LogP contribution in [0.1, 0.15) is 16.8 Å². The second kappa shape index (κ2) is 5.44. The quantitative estimate of drug-likeness (QED) is 0.921. The van der Waals surface area contributed by atoms with Crippen molar-refractivity contribution in [2.45, 2.75) is 13.5 Å². The highest BCUT2D eigenvalue weighted by Gasteiger charge is 2.06. The average Bonchev–Trinajstić information content (AvgIpc) is 2.40. The van der Waals surface area contributed by atoms with Gasteiger partial charge in [-0.1, -0.05) is 6.07 Å². The molecule has 5 heteroatoms. The van der Waals surface area contributed by atoms with E-state index in [0.717, 1.165) is 17.8 Å². The van der Waals surface area contributed by atoms with Gasteiger partial charge < -0.3 is 5.32 Å². The Morgan fingerprint density at radius 2 is 2.00 bits per heavy atom. The molecule has 2 rings (SSSR count). The van der Waals surface area contributed by atoms with Crippen LogP contribution in [0.4, 0.5) is 14.6 Å². The predicted molar refractivity (Wildman–Crippen MR) is 67.4 cm³/mol. The summed E-state index contributed by atoms with van der Waals surface area (Å²) in [5.41, 5.74) is 1.76. The van der Waals surface area contributed by atoms with Crippen molar-refractivity contribution in [3.63, 3.8) is 0 Å². The molecule has 1 aromatic heterocycles. The number of pyridine rings is 1. The van der Waals surface area contributed by atoms with Gasteiger partial charge in [-0.3, -0.25) is 0 Å². The normalized spacial score (nSPS) is 10.0. The van der Waals surface area contributed by atoms with Crippen LogP contribution in [0.3, 0.4) is 0 Å². The molecule has 1 heterocycles. The third kappa shape index (κ3) is 3.05. The van der Waals surface area contributed by atoms with Crippen molar-refractivity contribution in [3.8, 4) is 6.07 Å². The van der Waals surface area contributed by atoms with E-state index in [9.17, 15) is 8.78 Å². The van der Waals surface area contributed by atoms with E-state index in [4.69, 9.17) is 5.26 Å². The first-order chi connectivity index (χ1) is 9.10. The molecular weight excluding hydrogens is 248 g/mol. The lowest BCUT2D eigenvalue weighted by molar-refractivity contribution is 0.507. The molecule has 0 bridgehead atoms. The highest BCUT2D eigenvalue weighted by Crippen LogP contribution is 2.15. The van der Waals surface area contributed by atoms with Crippen molar-refractivity contribution in [1.29, 1.82) is 5.26 Å². The summed E-state index contributed by atoms with van der Waals surface area (Å²) in [5.74, 6) is -1.33. The molecule has 96 valence electrons. The molecule has 0 spiro atoms. The fraction of sp³-hybridized carbons (Fsp3) is 0.143. The summed E-state index contributed by atoms with van der Waals surface area (Å²) in [6.07, 6.45) is 0. The number of nitrogens with zero attached hydrogens (tertiary/aromatic N) is 2. The van der Waals surface area contributed by atoms with Gasteiger partial charge in [0, 0.05) is 12.2 Å². The Bertz CT molecular complexity index is 648. The fourth-order valence-corrected chi connectivity index (χ4v) is 1.62. The zero-order valence-electron chi connectivity index (χ0n) is 10.2. The number of rotatable bonds is 3. The van der Waals surface area contributed by atoms with E-state index in [1.165, 1.54) is 6.07 Å². The van der Waals surface area contributed by atoms with E-state index in [1.54, 1.807) is 12.1 Å². The van der Waals surface area contributed by atoms with Gasteiger partial charge in [-0.25, -0.2) is 13.8 Å². The number of nitriles is 1. The molecule has 0 aliphatic rings. The van der Waals surface area contributed by atoms with E-state index in [2.05, 4.69) is 10.3 Å². The lowest BCUT2D eigenvalue weighted by atomic mass is 10.2. The van der Waals surface area contributed by atoms with Crippen molar-refractivity contribution in [2.24, 2.45) is 0 Å². The Kier molecular flexibility index (Phi) is 3.71. The van der Waals surface area contributed by atoms with Gasteiger partial charge in [0.15, 0.2) is 11.6 Å². The third-order valence-corrected chi connectivity index (χ3v) is 2.60. The Balaban J connectivity index is 2.16. The van der Waals surface area contributed by atoms with E-state index >= 15 is 0 Å². The van der Waals surface area contributed by atoms with E-state index in [-0.39, 0.29) is 6.54 Å². The lowest BCUT2D eigenvalue weighted by Crippen LogP contribution is -2.04. The molecular formula is C14H11F2N3. The maximum absolute atomic E-state index is 13.0. The largest absolute Gasteiger partial charge is 0.365 e. The standard InChI is InChI=1S/C14H11F2N3/c1-9-2-4-11(7-17)14(19-9)18-8-10-3-5-12(15)13(16)6-10/h2-6H,8H2,1H3,(H,18,19). The predicted octanol–water partition coefficient (Wildman–Crippen LogP) is 3.15. The van der Waals surface area contributed by atoms with Gasteiger partial charge in [-0.2, -0.15) is 5.26 Å². The second-order valence-electron chi connectivity index (χ2n) is 4.06. The van der Waals surface area contributed by atoms with E-state index in [0.29, 0.717) is 16.9 Å². The summed E-state index contributed by atoms with van der Waals surface area (Å²) in [6, 6.07) is 9.09. The van der Waals surface area contributed by atoms with Gasteiger partial charge in [0.25, 0.3) is 0 Å². The smallest absolute Gasteiger partial charge is 0.159 e. The molecule has 0 aliphatic heterocycles. The fourth-order valence-electron chi connectivity index (χ4n) is 1.62. The first-order valence-electron chi connectivity index (χ1n) is 5.65. The minimum Gasteiger partial charge on any atom is -0.365 e. The van der Waals surface area contributed by atoms with Crippen LogP contribution >= 0.6 is 0 Å². The van der Waals surface area contributed by atoms with Crippen LogP contribution in [0, 0.1) is 29.9 Å². The minimum atomic E-state index is -0.892. The maximum Gasteiger partial charge on any atom is 0.159 e. The van der Waals surface area contributed by atoms with Crippen LogP contribution in [0.2, 0.25) is 0 Å². The third-order valence-electron chi connectivity index (χ3n) is 2.60. The highest BCUT2D eigenvalue weighted by molar-refractivity contribution is 5.52. The van der Waals surface area contributed by atoms with Crippen molar-refractivity contribution in [2.75, 3.05) is 5.32 Å². The van der Waals surface area contributed by atoms with Crippen molar-refractivity contribution in [1.82, 2.24) is 4.98 Å². The molecule has 0 unspecified atom stereocenters. The van der Waals surface area contributed by atoms with E-state index in [1.807, 2.05) is 13.0 Å². The Hall–Kier alpha value is -2.48. The summed E-state index contributed by atoms with van der Waals surface area (Å²) in [6.45, 7) is 2.08. The minimum absolute atomic E-state index is 0.266. The Morgan fingerprint density at radius 1 is 1.21 bits per heavy atom. The molecule has 2 aromatic rings. The van der Waals surface area contributed by atoms with Crippen LogP contribution in [-0.4, -0.2) is 4.98 Å². The molecule has 19 heavy (non-hydrogen) atoms. The van der Waals surface area contributed by atoms with Crippen LogP contribution in [0.5, 0.6) is 0 Å². The zero-order chi connectivity index (χ0) is 13.8. The number of hydrogen-bond acceptors (Lipinski definition) is 3. The maximum atomic E-state index is 13.0. The molecule has 3 nitrogen and oxygen atoms in total. The molecule has 1 N–H and O–H groups in total. The number of aromatic nitrogens is 1. The van der Waals surface area contributed by atoms with Gasteiger partial charge in [0.2, 0.25) is 0 Å².